The highest BCUT2D eigenvalue weighted by Crippen LogP contribution is 2.07. The van der Waals surface area contributed by atoms with Crippen LogP contribution >= 0.6 is 0 Å². The van der Waals surface area contributed by atoms with Gasteiger partial charge in [-0.1, -0.05) is 5.92 Å². The number of nitrogens with two attached hydrogens (primary N) is 1. The minimum atomic E-state index is -0.178. The fourth-order valence-electron chi connectivity index (χ4n) is 3.93. The Morgan fingerprint density at radius 1 is 0.743 bits per heavy atom. The standard InChI is InChI=1S/C25H50N4O6/c1-2-15-32-17-19-34-21-22-35-20-18-33-16-14-28-12-10-27(11-13-28)7-3-4-8-29(9-5-6-26)25(23-30)24-31/h1,25,30-31H,3-24,26H2. The van der Waals surface area contributed by atoms with Crippen LogP contribution < -0.4 is 5.73 Å². The molecule has 1 heterocycles. The molecule has 1 aliphatic rings. The molecule has 1 aliphatic heterocycles. The van der Waals surface area contributed by atoms with Crippen LogP contribution in [0.3, 0.4) is 0 Å². The number of unbranched alkanes of at least 4 members (excludes halogenated alkanes) is 1. The second-order valence-electron chi connectivity index (χ2n) is 8.68. The molecule has 0 saturated carbocycles. The van der Waals surface area contributed by atoms with Crippen LogP contribution in [0.4, 0.5) is 0 Å². The van der Waals surface area contributed by atoms with Crippen molar-refractivity contribution in [3.8, 4) is 12.3 Å². The molecule has 206 valence electrons. The highest BCUT2D eigenvalue weighted by Gasteiger charge is 2.18. The second kappa shape index (κ2) is 23.6. The van der Waals surface area contributed by atoms with Gasteiger partial charge in [-0.15, -0.1) is 6.42 Å². The first-order valence-corrected chi connectivity index (χ1v) is 13.1. The third-order valence-electron chi connectivity index (χ3n) is 6.08. The average Bonchev–Trinajstić information content (AvgIpc) is 2.88. The molecular formula is C25H50N4O6. The molecule has 0 spiro atoms. The van der Waals surface area contributed by atoms with Gasteiger partial charge in [0.15, 0.2) is 0 Å². The molecule has 35 heavy (non-hydrogen) atoms. The zero-order valence-corrected chi connectivity index (χ0v) is 21.7. The van der Waals surface area contributed by atoms with Crippen LogP contribution in [0.2, 0.25) is 0 Å². The van der Waals surface area contributed by atoms with E-state index in [9.17, 15) is 10.2 Å². The van der Waals surface area contributed by atoms with E-state index < -0.39 is 0 Å². The van der Waals surface area contributed by atoms with Crippen LogP contribution in [0.5, 0.6) is 0 Å². The third kappa shape index (κ3) is 17.3. The Balaban J connectivity index is 1.95. The summed E-state index contributed by atoms with van der Waals surface area (Å²) in [5, 5.41) is 19.0. The van der Waals surface area contributed by atoms with Gasteiger partial charge < -0.3 is 39.8 Å². The van der Waals surface area contributed by atoms with Gasteiger partial charge in [-0.2, -0.15) is 0 Å². The molecular weight excluding hydrogens is 452 g/mol. The van der Waals surface area contributed by atoms with Gasteiger partial charge in [-0.25, -0.2) is 0 Å². The van der Waals surface area contributed by atoms with Crippen LogP contribution in [0.1, 0.15) is 19.3 Å². The molecule has 10 nitrogen and oxygen atoms in total. The SMILES string of the molecule is C#CCOCCOCCOCCOCCN1CCN(CCCCN(CCCN)C(CO)CO)CC1. The number of hydrogen-bond acceptors (Lipinski definition) is 10. The third-order valence-corrected chi connectivity index (χ3v) is 6.08. The Hall–Kier alpha value is -0.840. The van der Waals surface area contributed by atoms with Crippen LogP contribution in [0, 0.1) is 12.3 Å². The predicted molar refractivity (Wildman–Crippen MR) is 137 cm³/mol. The molecule has 1 fully saturated rings. The van der Waals surface area contributed by atoms with Crippen molar-refractivity contribution in [2.45, 2.75) is 25.3 Å². The summed E-state index contributed by atoms with van der Waals surface area (Å²) in [5.74, 6) is 2.41. The summed E-state index contributed by atoms with van der Waals surface area (Å²) in [6, 6.07) is -0.178. The van der Waals surface area contributed by atoms with E-state index in [4.69, 9.17) is 31.1 Å². The zero-order valence-electron chi connectivity index (χ0n) is 21.7. The molecule has 0 atom stereocenters. The van der Waals surface area contributed by atoms with Crippen molar-refractivity contribution in [3.63, 3.8) is 0 Å². The molecule has 0 unspecified atom stereocenters. The van der Waals surface area contributed by atoms with Gasteiger partial charge in [-0.05, 0) is 45.4 Å². The van der Waals surface area contributed by atoms with E-state index >= 15 is 0 Å². The maximum atomic E-state index is 9.48. The summed E-state index contributed by atoms with van der Waals surface area (Å²) >= 11 is 0. The molecule has 0 radical (unpaired) electrons. The van der Waals surface area contributed by atoms with Gasteiger partial charge >= 0.3 is 0 Å². The molecule has 10 heteroatoms. The fraction of sp³-hybridized carbons (Fsp3) is 0.920. The smallest absolute Gasteiger partial charge is 0.107 e. The van der Waals surface area contributed by atoms with Crippen LogP contribution in [-0.4, -0.2) is 156 Å². The number of hydrogen-bond donors (Lipinski definition) is 3. The van der Waals surface area contributed by atoms with Crippen molar-refractivity contribution in [3.05, 3.63) is 0 Å². The van der Waals surface area contributed by atoms with E-state index in [1.165, 1.54) is 0 Å². The summed E-state index contributed by atoms with van der Waals surface area (Å²) in [4.78, 5) is 7.15. The largest absolute Gasteiger partial charge is 0.395 e. The Kier molecular flexibility index (Phi) is 21.7. The Labute approximate surface area is 212 Å². The molecule has 1 rings (SSSR count). The first-order chi connectivity index (χ1) is 17.2. The quantitative estimate of drug-likeness (QED) is 0.113. The Morgan fingerprint density at radius 3 is 1.80 bits per heavy atom. The van der Waals surface area contributed by atoms with Crippen molar-refractivity contribution in [2.24, 2.45) is 5.73 Å². The van der Waals surface area contributed by atoms with E-state index in [0.717, 1.165) is 78.2 Å². The average molecular weight is 503 g/mol. The maximum Gasteiger partial charge on any atom is 0.107 e. The molecule has 0 aromatic heterocycles. The molecule has 0 amide bonds. The number of terminal acetylenes is 1. The summed E-state index contributed by atoms with van der Waals surface area (Å²) in [6.45, 7) is 13.0. The number of piperazine rings is 1. The van der Waals surface area contributed by atoms with E-state index in [0.29, 0.717) is 52.8 Å². The normalized spacial score (nSPS) is 15.3. The van der Waals surface area contributed by atoms with E-state index in [1.807, 2.05) is 0 Å². The Bertz CT molecular complexity index is 499. The van der Waals surface area contributed by atoms with Gasteiger partial charge in [-0.3, -0.25) is 9.80 Å². The number of nitrogens with zero attached hydrogens (tertiary/aromatic N) is 3. The number of rotatable bonds is 24. The lowest BCUT2D eigenvalue weighted by atomic mass is 10.2. The number of aliphatic hydroxyl groups is 2. The highest BCUT2D eigenvalue weighted by atomic mass is 16.6. The topological polar surface area (TPSA) is 113 Å². The summed E-state index contributed by atoms with van der Waals surface area (Å²) in [6.07, 6.45) is 8.16. The molecule has 0 aromatic carbocycles. The van der Waals surface area contributed by atoms with Crippen molar-refractivity contribution in [2.75, 3.05) is 125 Å². The predicted octanol–water partition coefficient (Wildman–Crippen LogP) is -0.912. The van der Waals surface area contributed by atoms with E-state index in [1.54, 1.807) is 0 Å². The molecule has 1 saturated heterocycles. The highest BCUT2D eigenvalue weighted by molar-refractivity contribution is 4.82. The molecule has 0 aliphatic carbocycles. The summed E-state index contributed by atoms with van der Waals surface area (Å²) < 4.78 is 21.7. The zero-order chi connectivity index (χ0) is 25.4. The number of aliphatic hydroxyl groups excluding tert-OH is 2. The summed E-state index contributed by atoms with van der Waals surface area (Å²) in [7, 11) is 0. The van der Waals surface area contributed by atoms with Gasteiger partial charge in [0.05, 0.1) is 65.5 Å². The van der Waals surface area contributed by atoms with Gasteiger partial charge in [0, 0.05) is 32.7 Å². The molecule has 0 bridgehead atoms. The first kappa shape index (κ1) is 32.2. The van der Waals surface area contributed by atoms with Crippen molar-refractivity contribution < 1.29 is 29.2 Å². The van der Waals surface area contributed by atoms with Gasteiger partial charge in [0.2, 0.25) is 0 Å². The lowest BCUT2D eigenvalue weighted by molar-refractivity contribution is -0.00260. The van der Waals surface area contributed by atoms with Crippen LogP contribution in [0.25, 0.3) is 0 Å². The lowest BCUT2D eigenvalue weighted by Crippen LogP contribution is -2.47. The monoisotopic (exact) mass is 502 g/mol. The Morgan fingerprint density at radius 2 is 1.26 bits per heavy atom. The van der Waals surface area contributed by atoms with Gasteiger partial charge in [0.1, 0.15) is 6.61 Å². The minimum Gasteiger partial charge on any atom is -0.395 e. The lowest BCUT2D eigenvalue weighted by Gasteiger charge is -2.35. The van der Waals surface area contributed by atoms with Crippen LogP contribution in [-0.2, 0) is 18.9 Å². The fourth-order valence-corrected chi connectivity index (χ4v) is 3.93. The van der Waals surface area contributed by atoms with E-state index in [-0.39, 0.29) is 19.3 Å². The van der Waals surface area contributed by atoms with E-state index in [2.05, 4.69) is 20.6 Å². The van der Waals surface area contributed by atoms with Crippen molar-refractivity contribution in [1.29, 1.82) is 0 Å². The van der Waals surface area contributed by atoms with Crippen LogP contribution in [0.15, 0.2) is 0 Å². The summed E-state index contributed by atoms with van der Waals surface area (Å²) in [5.41, 5.74) is 5.62. The number of ether oxygens (including phenoxy) is 4. The van der Waals surface area contributed by atoms with Crippen molar-refractivity contribution in [1.82, 2.24) is 14.7 Å². The molecule has 4 N–H and O–H groups in total. The first-order valence-electron chi connectivity index (χ1n) is 13.1. The minimum absolute atomic E-state index is 0.0143. The second-order valence-corrected chi connectivity index (χ2v) is 8.68. The van der Waals surface area contributed by atoms with Crippen molar-refractivity contribution >= 4 is 0 Å². The maximum absolute atomic E-state index is 9.48. The molecule has 0 aromatic rings. The van der Waals surface area contributed by atoms with Gasteiger partial charge in [0.25, 0.3) is 0 Å².